The summed E-state index contributed by atoms with van der Waals surface area (Å²) in [7, 11) is -3.67. The Morgan fingerprint density at radius 2 is 1.81 bits per heavy atom. The van der Waals surface area contributed by atoms with Gasteiger partial charge in [-0.2, -0.15) is 4.31 Å². The molecule has 1 saturated carbocycles. The molecule has 1 saturated heterocycles. The van der Waals surface area contributed by atoms with Gasteiger partial charge in [-0.1, -0.05) is 30.3 Å². The van der Waals surface area contributed by atoms with Crippen molar-refractivity contribution in [2.45, 2.75) is 37.1 Å². The normalized spacial score (nSPS) is 19.6. The zero-order chi connectivity index (χ0) is 22.0. The number of likely N-dealkylation sites (tertiary alicyclic amines) is 1. The van der Waals surface area contributed by atoms with E-state index in [2.05, 4.69) is 10.2 Å². The molecular weight excluding hydrogens is 424 g/mol. The summed E-state index contributed by atoms with van der Waals surface area (Å²) < 4.78 is 54.4. The molecule has 0 radical (unpaired) electrons. The summed E-state index contributed by atoms with van der Waals surface area (Å²) >= 11 is 0. The van der Waals surface area contributed by atoms with Crippen molar-refractivity contribution in [3.63, 3.8) is 0 Å². The molecule has 0 aromatic heterocycles. The topological polar surface area (TPSA) is 69.7 Å². The van der Waals surface area contributed by atoms with E-state index in [4.69, 9.17) is 0 Å². The van der Waals surface area contributed by atoms with Crippen molar-refractivity contribution < 1.29 is 22.0 Å². The van der Waals surface area contributed by atoms with Crippen LogP contribution in [0.15, 0.2) is 48.5 Å². The Balaban J connectivity index is 1.40. The molecule has 1 N–H and O–H groups in total. The Bertz CT molecular complexity index is 1050. The van der Waals surface area contributed by atoms with Crippen LogP contribution >= 0.6 is 0 Å². The van der Waals surface area contributed by atoms with Gasteiger partial charge in [0.15, 0.2) is 11.6 Å². The molecule has 2 aliphatic rings. The van der Waals surface area contributed by atoms with E-state index in [9.17, 15) is 22.0 Å². The molecule has 2 aromatic rings. The van der Waals surface area contributed by atoms with Crippen LogP contribution in [0.4, 0.5) is 14.5 Å². The van der Waals surface area contributed by atoms with Gasteiger partial charge in [-0.3, -0.25) is 9.69 Å². The molecule has 1 unspecified atom stereocenters. The van der Waals surface area contributed by atoms with Crippen LogP contribution < -0.4 is 5.32 Å². The Kier molecular flexibility index (Phi) is 6.36. The van der Waals surface area contributed by atoms with Crippen LogP contribution in [0, 0.1) is 11.6 Å². The molecule has 1 amide bonds. The van der Waals surface area contributed by atoms with E-state index in [1.165, 1.54) is 10.4 Å². The molecule has 2 fully saturated rings. The fourth-order valence-electron chi connectivity index (χ4n) is 3.92. The first-order chi connectivity index (χ1) is 14.8. The highest BCUT2D eigenvalue weighted by atomic mass is 32.2. The molecule has 0 bridgehead atoms. The lowest BCUT2D eigenvalue weighted by atomic mass is 10.2. The van der Waals surface area contributed by atoms with Crippen molar-refractivity contribution in [3.8, 4) is 0 Å². The maximum atomic E-state index is 13.4. The minimum absolute atomic E-state index is 0.0898. The summed E-state index contributed by atoms with van der Waals surface area (Å²) in [6.45, 7) is 1.46. The number of carbonyl (C=O) groups excluding carboxylic acids is 1. The first-order valence-corrected chi connectivity index (χ1v) is 11.8. The number of hydrogen-bond acceptors (Lipinski definition) is 4. The number of benzene rings is 2. The average molecular weight is 450 g/mol. The second-order valence-corrected chi connectivity index (χ2v) is 10.3. The van der Waals surface area contributed by atoms with Gasteiger partial charge in [0.25, 0.3) is 0 Å². The smallest absolute Gasteiger partial charge is 0.239 e. The number of amides is 1. The number of nitrogens with zero attached hydrogens (tertiary/aromatic N) is 2. The molecule has 6 nitrogen and oxygen atoms in total. The number of carbonyl (C=O) groups is 1. The Labute approximate surface area is 180 Å². The number of rotatable bonds is 8. The van der Waals surface area contributed by atoms with E-state index in [-0.39, 0.29) is 18.3 Å². The quantitative estimate of drug-likeness (QED) is 0.673. The molecule has 1 aliphatic carbocycles. The lowest BCUT2D eigenvalue weighted by molar-refractivity contribution is -0.116. The molecule has 1 atom stereocenters. The minimum Gasteiger partial charge on any atom is -0.325 e. The predicted octanol–water partition coefficient (Wildman–Crippen LogP) is 2.97. The number of hydrogen-bond donors (Lipinski definition) is 1. The van der Waals surface area contributed by atoms with Gasteiger partial charge in [0.2, 0.25) is 15.9 Å². The lowest BCUT2D eigenvalue weighted by Crippen LogP contribution is -2.45. The average Bonchev–Trinajstić information content (AvgIpc) is 3.47. The van der Waals surface area contributed by atoms with Crippen LogP contribution in [0.3, 0.4) is 0 Å². The SMILES string of the molecule is O=C(CN(C1CC1)S(=O)(=O)C1CCN(Cc2ccccc2)C1)Nc1ccc(F)c(F)c1. The summed E-state index contributed by atoms with van der Waals surface area (Å²) in [6.07, 6.45) is 1.96. The molecule has 2 aromatic carbocycles. The monoisotopic (exact) mass is 449 g/mol. The molecule has 1 heterocycles. The molecule has 9 heteroatoms. The van der Waals surface area contributed by atoms with Crippen molar-refractivity contribution in [2.24, 2.45) is 0 Å². The standard InChI is InChI=1S/C22H25F2N3O3S/c23-20-9-6-17(12-21(20)24)25-22(28)15-27(18-7-8-18)31(29,30)19-10-11-26(14-19)13-16-4-2-1-3-5-16/h1-6,9,12,18-19H,7-8,10-11,13-15H2,(H,25,28). The molecule has 1 aliphatic heterocycles. The van der Waals surface area contributed by atoms with Gasteiger partial charge in [-0.05, 0) is 43.5 Å². The second kappa shape index (κ2) is 9.02. The third-order valence-corrected chi connectivity index (χ3v) is 7.99. The summed E-state index contributed by atoms with van der Waals surface area (Å²) in [4.78, 5) is 14.6. The van der Waals surface area contributed by atoms with Crippen LogP contribution in [0.25, 0.3) is 0 Å². The highest BCUT2D eigenvalue weighted by Gasteiger charge is 2.44. The van der Waals surface area contributed by atoms with Gasteiger partial charge in [-0.25, -0.2) is 17.2 Å². The fraction of sp³-hybridized carbons (Fsp3) is 0.409. The lowest BCUT2D eigenvalue weighted by Gasteiger charge is -2.25. The molecule has 166 valence electrons. The number of sulfonamides is 1. The highest BCUT2D eigenvalue weighted by Crippen LogP contribution is 2.33. The van der Waals surface area contributed by atoms with Gasteiger partial charge in [0.1, 0.15) is 0 Å². The molecule has 4 rings (SSSR count). The Morgan fingerprint density at radius 1 is 1.06 bits per heavy atom. The van der Waals surface area contributed by atoms with Crippen molar-refractivity contribution in [1.82, 2.24) is 9.21 Å². The summed E-state index contributed by atoms with van der Waals surface area (Å²) in [5.74, 6) is -2.66. The first kappa shape index (κ1) is 21.9. The van der Waals surface area contributed by atoms with Crippen LogP contribution in [0.2, 0.25) is 0 Å². The number of anilines is 1. The fourth-order valence-corrected chi connectivity index (χ4v) is 6.03. The van der Waals surface area contributed by atoms with Crippen LogP contribution in [0.1, 0.15) is 24.8 Å². The highest BCUT2D eigenvalue weighted by molar-refractivity contribution is 7.89. The summed E-state index contributed by atoms with van der Waals surface area (Å²) in [5.41, 5.74) is 1.22. The van der Waals surface area contributed by atoms with Crippen LogP contribution in [-0.4, -0.2) is 54.5 Å². The van der Waals surface area contributed by atoms with Crippen molar-refractivity contribution >= 4 is 21.6 Å². The van der Waals surface area contributed by atoms with Crippen molar-refractivity contribution in [2.75, 3.05) is 25.0 Å². The predicted molar refractivity (Wildman–Crippen MR) is 114 cm³/mol. The maximum Gasteiger partial charge on any atom is 0.239 e. The maximum absolute atomic E-state index is 13.4. The van der Waals surface area contributed by atoms with Gasteiger partial charge in [-0.15, -0.1) is 0 Å². The van der Waals surface area contributed by atoms with Crippen molar-refractivity contribution in [1.29, 1.82) is 0 Å². The van der Waals surface area contributed by atoms with E-state index in [1.54, 1.807) is 0 Å². The van der Waals surface area contributed by atoms with E-state index in [0.717, 1.165) is 30.5 Å². The zero-order valence-electron chi connectivity index (χ0n) is 17.0. The van der Waals surface area contributed by atoms with Gasteiger partial charge >= 0.3 is 0 Å². The van der Waals surface area contributed by atoms with Gasteiger partial charge in [0.05, 0.1) is 11.8 Å². The largest absolute Gasteiger partial charge is 0.325 e. The molecule has 0 spiro atoms. The van der Waals surface area contributed by atoms with Crippen LogP contribution in [0.5, 0.6) is 0 Å². The second-order valence-electron chi connectivity index (χ2n) is 8.13. The zero-order valence-corrected chi connectivity index (χ0v) is 17.8. The van der Waals surface area contributed by atoms with Gasteiger partial charge < -0.3 is 5.32 Å². The third-order valence-electron chi connectivity index (χ3n) is 5.68. The summed E-state index contributed by atoms with van der Waals surface area (Å²) in [5, 5.41) is 1.90. The molecule has 31 heavy (non-hydrogen) atoms. The number of nitrogens with one attached hydrogen (secondary N) is 1. The Morgan fingerprint density at radius 3 is 2.48 bits per heavy atom. The minimum atomic E-state index is -3.67. The van der Waals surface area contributed by atoms with Crippen LogP contribution in [-0.2, 0) is 21.4 Å². The summed E-state index contributed by atoms with van der Waals surface area (Å²) in [6, 6.07) is 12.7. The first-order valence-electron chi connectivity index (χ1n) is 10.3. The van der Waals surface area contributed by atoms with E-state index < -0.39 is 32.8 Å². The van der Waals surface area contributed by atoms with Gasteiger partial charge in [0, 0.05) is 30.9 Å². The number of halogens is 2. The Hall–Kier alpha value is -2.36. The van der Waals surface area contributed by atoms with E-state index in [1.807, 2.05) is 30.3 Å². The van der Waals surface area contributed by atoms with E-state index in [0.29, 0.717) is 26.1 Å². The third kappa shape index (κ3) is 5.28. The molecular formula is C22H25F2N3O3S. The van der Waals surface area contributed by atoms with Crippen molar-refractivity contribution in [3.05, 3.63) is 65.7 Å². The van der Waals surface area contributed by atoms with E-state index >= 15 is 0 Å².